The molecule has 1 atom stereocenters. The van der Waals surface area contributed by atoms with E-state index in [-0.39, 0.29) is 27.4 Å². The maximum atomic E-state index is 13.4. The third-order valence-corrected chi connectivity index (χ3v) is 2.81. The van der Waals surface area contributed by atoms with E-state index in [1.165, 1.54) is 13.2 Å². The van der Waals surface area contributed by atoms with E-state index in [0.717, 1.165) is 0 Å². The Balaban J connectivity index is 3.27. The van der Waals surface area contributed by atoms with E-state index in [9.17, 15) is 9.18 Å². The second-order valence-corrected chi connectivity index (χ2v) is 3.94. The number of pyridine rings is 1. The van der Waals surface area contributed by atoms with E-state index in [1.54, 1.807) is 0 Å². The van der Waals surface area contributed by atoms with Crippen LogP contribution in [0.4, 0.5) is 10.1 Å². The molecule has 0 saturated heterocycles. The van der Waals surface area contributed by atoms with Crippen molar-refractivity contribution >= 4 is 39.2 Å². The first kappa shape index (κ1) is 13.2. The molecule has 0 aromatic carbocycles. The van der Waals surface area contributed by atoms with Gasteiger partial charge in [-0.3, -0.25) is 0 Å². The van der Waals surface area contributed by atoms with Crippen LogP contribution in [0.15, 0.2) is 6.07 Å². The van der Waals surface area contributed by atoms with E-state index in [1.807, 2.05) is 0 Å². The molecule has 0 aliphatic carbocycles. The van der Waals surface area contributed by atoms with Gasteiger partial charge in [0.15, 0.2) is 11.9 Å². The Kier molecular flexibility index (Phi) is 4.49. The van der Waals surface area contributed by atoms with Crippen molar-refractivity contribution in [2.75, 3.05) is 18.2 Å². The molecule has 1 rings (SSSR count). The predicted octanol–water partition coefficient (Wildman–Crippen LogP) is 2.51. The van der Waals surface area contributed by atoms with Gasteiger partial charge in [0, 0.05) is 5.33 Å². The minimum atomic E-state index is -1.36. The number of alkyl halides is 2. The zero-order valence-electron chi connectivity index (χ0n) is 8.34. The lowest BCUT2D eigenvalue weighted by molar-refractivity contribution is 0.0594. The Morgan fingerprint density at radius 3 is 2.94 bits per heavy atom. The fourth-order valence-corrected chi connectivity index (χ4v) is 1.55. The molecule has 2 N–H and O–H groups in total. The van der Waals surface area contributed by atoms with Crippen LogP contribution in [0.1, 0.15) is 22.4 Å². The first-order chi connectivity index (χ1) is 7.51. The van der Waals surface area contributed by atoms with Gasteiger partial charge in [0.05, 0.1) is 23.5 Å². The molecule has 1 aromatic rings. The zero-order chi connectivity index (χ0) is 12.3. The fourth-order valence-electron chi connectivity index (χ4n) is 1.04. The van der Waals surface area contributed by atoms with Crippen molar-refractivity contribution < 1.29 is 13.9 Å². The summed E-state index contributed by atoms with van der Waals surface area (Å²) in [7, 11) is 1.18. The number of nitrogen functional groups attached to an aromatic ring is 1. The number of carbonyl (C=O) groups excluding carboxylic acids is 1. The van der Waals surface area contributed by atoms with E-state index < -0.39 is 12.1 Å². The Hall–Kier alpha value is -0.880. The molecule has 0 saturated carbocycles. The molecule has 4 nitrogen and oxygen atoms in total. The topological polar surface area (TPSA) is 65.2 Å². The quantitative estimate of drug-likeness (QED) is 0.688. The van der Waals surface area contributed by atoms with Gasteiger partial charge in [-0.2, -0.15) is 0 Å². The molecule has 0 fully saturated rings. The fraction of sp³-hybridized carbons (Fsp3) is 0.333. The van der Waals surface area contributed by atoms with Gasteiger partial charge in [-0.15, -0.1) is 0 Å². The predicted molar refractivity (Wildman–Crippen MR) is 62.6 cm³/mol. The lowest BCUT2D eigenvalue weighted by Gasteiger charge is -2.09. The molecule has 0 aliphatic heterocycles. The maximum Gasteiger partial charge on any atom is 0.358 e. The van der Waals surface area contributed by atoms with Crippen LogP contribution in [0.25, 0.3) is 0 Å². The highest BCUT2D eigenvalue weighted by molar-refractivity contribution is 9.09. The van der Waals surface area contributed by atoms with Gasteiger partial charge >= 0.3 is 5.97 Å². The molecule has 0 aliphatic rings. The SMILES string of the molecule is COC(=O)c1nc(C(F)CBr)cc(N)c1Cl. The van der Waals surface area contributed by atoms with E-state index in [0.29, 0.717) is 0 Å². The summed E-state index contributed by atoms with van der Waals surface area (Å²) in [6.45, 7) is 0. The molecular weight excluding hydrogens is 302 g/mol. The van der Waals surface area contributed by atoms with Gasteiger partial charge in [-0.05, 0) is 6.07 Å². The van der Waals surface area contributed by atoms with E-state index in [2.05, 4.69) is 25.7 Å². The number of methoxy groups -OCH3 is 1. The largest absolute Gasteiger partial charge is 0.464 e. The first-order valence-corrected chi connectivity index (χ1v) is 5.75. The minimum Gasteiger partial charge on any atom is -0.464 e. The summed E-state index contributed by atoms with van der Waals surface area (Å²) in [4.78, 5) is 15.1. The summed E-state index contributed by atoms with van der Waals surface area (Å²) < 4.78 is 17.8. The van der Waals surface area contributed by atoms with Crippen LogP contribution in [-0.4, -0.2) is 23.4 Å². The van der Waals surface area contributed by atoms with Gasteiger partial charge in [0.1, 0.15) is 0 Å². The van der Waals surface area contributed by atoms with Crippen LogP contribution in [0.5, 0.6) is 0 Å². The van der Waals surface area contributed by atoms with Crippen molar-refractivity contribution in [3.05, 3.63) is 22.5 Å². The van der Waals surface area contributed by atoms with Gasteiger partial charge in [0.2, 0.25) is 0 Å². The molecule has 0 bridgehead atoms. The molecule has 88 valence electrons. The Labute approximate surface area is 105 Å². The van der Waals surface area contributed by atoms with Crippen LogP contribution in [0.2, 0.25) is 5.02 Å². The number of aromatic nitrogens is 1. The Bertz CT molecular complexity index is 417. The van der Waals surface area contributed by atoms with Crippen molar-refractivity contribution in [1.29, 1.82) is 0 Å². The molecule has 7 heteroatoms. The number of esters is 1. The summed E-state index contributed by atoms with van der Waals surface area (Å²) in [5.41, 5.74) is 5.50. The van der Waals surface area contributed by atoms with Crippen LogP contribution >= 0.6 is 27.5 Å². The van der Waals surface area contributed by atoms with Crippen LogP contribution in [0, 0.1) is 0 Å². The molecule has 0 amide bonds. The number of hydrogen-bond acceptors (Lipinski definition) is 4. The lowest BCUT2D eigenvalue weighted by atomic mass is 10.2. The van der Waals surface area contributed by atoms with Crippen molar-refractivity contribution in [2.24, 2.45) is 0 Å². The molecule has 1 aromatic heterocycles. The van der Waals surface area contributed by atoms with Gasteiger partial charge < -0.3 is 10.5 Å². The number of nitrogens with two attached hydrogens (primary N) is 1. The number of rotatable bonds is 3. The summed E-state index contributed by atoms with van der Waals surface area (Å²) in [5, 5.41) is 0.0270. The molecule has 1 heterocycles. The smallest absolute Gasteiger partial charge is 0.358 e. The van der Waals surface area contributed by atoms with Crippen molar-refractivity contribution in [1.82, 2.24) is 4.98 Å². The summed E-state index contributed by atoms with van der Waals surface area (Å²) >= 11 is 8.73. The molecule has 1 unspecified atom stereocenters. The highest BCUT2D eigenvalue weighted by atomic mass is 79.9. The minimum absolute atomic E-state index is 0.0302. The lowest BCUT2D eigenvalue weighted by Crippen LogP contribution is -2.10. The van der Waals surface area contributed by atoms with E-state index in [4.69, 9.17) is 17.3 Å². The second-order valence-electron chi connectivity index (χ2n) is 2.91. The first-order valence-electron chi connectivity index (χ1n) is 4.25. The van der Waals surface area contributed by atoms with Gasteiger partial charge in [0.25, 0.3) is 0 Å². The van der Waals surface area contributed by atoms with Gasteiger partial charge in [-0.1, -0.05) is 27.5 Å². The molecule has 0 radical (unpaired) electrons. The normalized spacial score (nSPS) is 12.2. The molecule has 16 heavy (non-hydrogen) atoms. The van der Waals surface area contributed by atoms with Gasteiger partial charge in [-0.25, -0.2) is 14.2 Å². The molecule has 0 spiro atoms. The number of anilines is 1. The average Bonchev–Trinajstić information content (AvgIpc) is 2.30. The third kappa shape index (κ3) is 2.62. The second kappa shape index (κ2) is 5.45. The maximum absolute atomic E-state index is 13.4. The Morgan fingerprint density at radius 2 is 2.44 bits per heavy atom. The number of ether oxygens (including phenoxy) is 1. The highest BCUT2D eigenvalue weighted by Gasteiger charge is 2.20. The van der Waals surface area contributed by atoms with Crippen LogP contribution < -0.4 is 5.73 Å². The third-order valence-electron chi connectivity index (χ3n) is 1.84. The number of nitrogens with zero attached hydrogens (tertiary/aromatic N) is 1. The summed E-state index contributed by atoms with van der Waals surface area (Å²) in [6.07, 6.45) is -1.36. The number of carbonyl (C=O) groups is 1. The zero-order valence-corrected chi connectivity index (χ0v) is 10.7. The number of hydrogen-bond donors (Lipinski definition) is 1. The summed E-state index contributed by atoms with van der Waals surface area (Å²) in [5.74, 6) is -0.750. The molecular formula is C9H9BrClFN2O2. The van der Waals surface area contributed by atoms with Crippen LogP contribution in [-0.2, 0) is 4.74 Å². The Morgan fingerprint density at radius 1 is 1.81 bits per heavy atom. The van der Waals surface area contributed by atoms with Crippen molar-refractivity contribution in [3.63, 3.8) is 0 Å². The standard InChI is InChI=1S/C9H9BrClFN2O2/c1-16-9(15)8-7(11)5(13)2-6(14-8)4(12)3-10/h2,4H,3H2,1H3,(H2,13,14). The van der Waals surface area contributed by atoms with Crippen molar-refractivity contribution in [3.8, 4) is 0 Å². The van der Waals surface area contributed by atoms with Crippen molar-refractivity contribution in [2.45, 2.75) is 6.17 Å². The summed E-state index contributed by atoms with van der Waals surface area (Å²) in [6, 6.07) is 1.29. The van der Waals surface area contributed by atoms with E-state index >= 15 is 0 Å². The number of halogens is 3. The highest BCUT2D eigenvalue weighted by Crippen LogP contribution is 2.27. The average molecular weight is 312 g/mol. The monoisotopic (exact) mass is 310 g/mol. The van der Waals surface area contributed by atoms with Crippen LogP contribution in [0.3, 0.4) is 0 Å².